The number of tetrazole rings is 1. The van der Waals surface area contributed by atoms with Gasteiger partial charge in [-0.3, -0.25) is 4.90 Å². The van der Waals surface area contributed by atoms with Gasteiger partial charge in [0.05, 0.1) is 5.69 Å². The molecule has 0 atom stereocenters. The molecule has 0 N–H and O–H groups in total. The molecule has 0 bridgehead atoms. The molecular formula is C24H29N5O2. The first-order valence-corrected chi connectivity index (χ1v) is 10.8. The van der Waals surface area contributed by atoms with Crippen molar-refractivity contribution in [3.05, 3.63) is 65.5 Å². The summed E-state index contributed by atoms with van der Waals surface area (Å²) in [4.78, 5) is 14.9. The second-order valence-corrected chi connectivity index (χ2v) is 8.59. The summed E-state index contributed by atoms with van der Waals surface area (Å²) in [6.07, 6.45) is 3.13. The van der Waals surface area contributed by atoms with E-state index in [-0.39, 0.29) is 0 Å². The van der Waals surface area contributed by atoms with Gasteiger partial charge in [0.15, 0.2) is 5.82 Å². The van der Waals surface area contributed by atoms with Gasteiger partial charge in [0.1, 0.15) is 11.3 Å². The van der Waals surface area contributed by atoms with Crippen LogP contribution in [0.4, 0.5) is 4.79 Å². The lowest BCUT2D eigenvalue weighted by atomic mass is 9.75. The minimum Gasteiger partial charge on any atom is -0.410 e. The summed E-state index contributed by atoms with van der Waals surface area (Å²) in [5.41, 5.74) is 2.58. The third-order valence-corrected chi connectivity index (χ3v) is 6.66. The lowest BCUT2D eigenvalue weighted by Crippen LogP contribution is -2.51. The van der Waals surface area contributed by atoms with Gasteiger partial charge in [-0.15, -0.1) is 5.10 Å². The Bertz CT molecular complexity index is 1050. The summed E-state index contributed by atoms with van der Waals surface area (Å²) in [5.74, 6) is 1.80. The van der Waals surface area contributed by atoms with E-state index in [1.54, 1.807) is 28.8 Å². The van der Waals surface area contributed by atoms with Gasteiger partial charge >= 0.3 is 6.09 Å². The second-order valence-electron chi connectivity index (χ2n) is 8.59. The van der Waals surface area contributed by atoms with Crippen molar-refractivity contribution in [3.8, 4) is 11.4 Å². The Hall–Kier alpha value is -3.22. The number of carbonyl (C=O) groups excluding carboxylic acids is 1. The summed E-state index contributed by atoms with van der Waals surface area (Å²) in [7, 11) is 1.80. The zero-order chi connectivity index (χ0) is 22.0. The summed E-state index contributed by atoms with van der Waals surface area (Å²) in [5, 5.41) is 12.8. The van der Waals surface area contributed by atoms with Gasteiger partial charge in [-0.05, 0) is 85.2 Å². The number of para-hydroxylation sites is 1. The molecule has 7 heteroatoms. The standard InChI is InChI=1S/C24H29N5O2/c1-17-13-15-24(16-14-17,28(4)23(30)31-20-10-6-5-7-11-20)22-25-26-27-29(22)21-12-8-9-18(2)19(21)3/h5-12,17H,13-16H2,1-4H3. The SMILES string of the molecule is Cc1cccc(-n2nnnc2C2(N(C)C(=O)Oc3ccccc3)CCC(C)CC2)c1C. The van der Waals surface area contributed by atoms with Crippen LogP contribution in [0.5, 0.6) is 5.75 Å². The highest BCUT2D eigenvalue weighted by Crippen LogP contribution is 2.43. The number of hydrogen-bond acceptors (Lipinski definition) is 5. The minimum atomic E-state index is -0.641. The highest BCUT2D eigenvalue weighted by atomic mass is 16.6. The van der Waals surface area contributed by atoms with Crippen LogP contribution in [-0.2, 0) is 5.54 Å². The summed E-state index contributed by atoms with van der Waals surface area (Å²) < 4.78 is 7.47. The van der Waals surface area contributed by atoms with Crippen LogP contribution < -0.4 is 4.74 Å². The molecule has 2 aromatic carbocycles. The fraction of sp³-hybridized carbons (Fsp3) is 0.417. The van der Waals surface area contributed by atoms with E-state index in [4.69, 9.17) is 4.74 Å². The third kappa shape index (κ3) is 3.92. The second kappa shape index (κ2) is 8.49. The number of benzene rings is 2. The van der Waals surface area contributed by atoms with E-state index in [1.807, 2.05) is 30.3 Å². The van der Waals surface area contributed by atoms with Crippen LogP contribution in [-0.4, -0.2) is 38.2 Å². The van der Waals surface area contributed by atoms with Crippen LogP contribution in [0.15, 0.2) is 48.5 Å². The monoisotopic (exact) mass is 419 g/mol. The molecule has 0 saturated heterocycles. The summed E-state index contributed by atoms with van der Waals surface area (Å²) in [6.45, 7) is 6.39. The van der Waals surface area contributed by atoms with Crippen molar-refractivity contribution >= 4 is 6.09 Å². The van der Waals surface area contributed by atoms with Crippen LogP contribution in [0.3, 0.4) is 0 Å². The quantitative estimate of drug-likeness (QED) is 0.606. The Morgan fingerprint density at radius 3 is 2.52 bits per heavy atom. The van der Waals surface area contributed by atoms with E-state index in [1.165, 1.54) is 5.56 Å². The number of hydrogen-bond donors (Lipinski definition) is 0. The maximum atomic E-state index is 13.2. The van der Waals surface area contributed by atoms with Gasteiger partial charge in [-0.25, -0.2) is 4.79 Å². The number of aryl methyl sites for hydroxylation is 1. The Kier molecular flexibility index (Phi) is 5.76. The van der Waals surface area contributed by atoms with Crippen LogP contribution in [0.1, 0.15) is 49.6 Å². The molecule has 31 heavy (non-hydrogen) atoms. The molecule has 4 rings (SSSR count). The summed E-state index contributed by atoms with van der Waals surface area (Å²) in [6, 6.07) is 15.2. The third-order valence-electron chi connectivity index (χ3n) is 6.66. The van der Waals surface area contributed by atoms with Crippen molar-refractivity contribution in [1.29, 1.82) is 0 Å². The smallest absolute Gasteiger partial charge is 0.410 e. The first-order chi connectivity index (χ1) is 14.9. The number of aromatic nitrogens is 4. The van der Waals surface area contributed by atoms with E-state index >= 15 is 0 Å². The Balaban J connectivity index is 1.75. The van der Waals surface area contributed by atoms with Gasteiger partial charge in [0.2, 0.25) is 0 Å². The normalized spacial score (nSPS) is 21.0. The lowest BCUT2D eigenvalue weighted by molar-refractivity contribution is 0.0514. The van der Waals surface area contributed by atoms with E-state index in [0.29, 0.717) is 17.5 Å². The van der Waals surface area contributed by atoms with Crippen LogP contribution in [0.25, 0.3) is 5.69 Å². The molecule has 3 aromatic rings. The number of nitrogens with zero attached hydrogens (tertiary/aromatic N) is 5. The molecule has 1 aliphatic carbocycles. The van der Waals surface area contributed by atoms with Crippen molar-refractivity contribution in [2.45, 2.75) is 52.0 Å². The molecular weight excluding hydrogens is 390 g/mol. The van der Waals surface area contributed by atoms with Crippen LogP contribution in [0, 0.1) is 19.8 Å². The van der Waals surface area contributed by atoms with Crippen molar-refractivity contribution in [2.75, 3.05) is 7.05 Å². The largest absolute Gasteiger partial charge is 0.415 e. The van der Waals surface area contributed by atoms with E-state index < -0.39 is 11.6 Å². The van der Waals surface area contributed by atoms with Crippen molar-refractivity contribution < 1.29 is 9.53 Å². The molecule has 162 valence electrons. The summed E-state index contributed by atoms with van der Waals surface area (Å²) >= 11 is 0. The Labute approximate surface area is 183 Å². The predicted octanol–water partition coefficient (Wildman–Crippen LogP) is 4.82. The maximum Gasteiger partial charge on any atom is 0.415 e. The highest BCUT2D eigenvalue weighted by Gasteiger charge is 2.47. The molecule has 1 saturated carbocycles. The molecule has 0 spiro atoms. The fourth-order valence-corrected chi connectivity index (χ4v) is 4.39. The zero-order valence-electron chi connectivity index (χ0n) is 18.6. The lowest BCUT2D eigenvalue weighted by Gasteiger charge is -2.44. The van der Waals surface area contributed by atoms with E-state index in [0.717, 1.165) is 36.9 Å². The van der Waals surface area contributed by atoms with E-state index in [9.17, 15) is 4.79 Å². The molecule has 0 radical (unpaired) electrons. The molecule has 0 unspecified atom stereocenters. The Morgan fingerprint density at radius 1 is 1.10 bits per heavy atom. The van der Waals surface area contributed by atoms with Crippen molar-refractivity contribution in [3.63, 3.8) is 0 Å². The van der Waals surface area contributed by atoms with E-state index in [2.05, 4.69) is 42.4 Å². The van der Waals surface area contributed by atoms with Gasteiger partial charge in [-0.1, -0.05) is 37.3 Å². The molecule has 0 aliphatic heterocycles. The zero-order valence-corrected chi connectivity index (χ0v) is 18.6. The average Bonchev–Trinajstić information content (AvgIpc) is 3.27. The molecule has 1 aromatic heterocycles. The molecule has 1 heterocycles. The predicted molar refractivity (Wildman–Crippen MR) is 118 cm³/mol. The van der Waals surface area contributed by atoms with Gasteiger partial charge in [0.25, 0.3) is 0 Å². The van der Waals surface area contributed by atoms with Crippen molar-refractivity contribution in [2.24, 2.45) is 5.92 Å². The van der Waals surface area contributed by atoms with Crippen molar-refractivity contribution in [1.82, 2.24) is 25.1 Å². The van der Waals surface area contributed by atoms with Crippen LogP contribution >= 0.6 is 0 Å². The number of ether oxygens (including phenoxy) is 1. The molecule has 7 nitrogen and oxygen atoms in total. The minimum absolute atomic E-state index is 0.406. The maximum absolute atomic E-state index is 13.2. The molecule has 1 amide bonds. The highest BCUT2D eigenvalue weighted by molar-refractivity contribution is 5.71. The average molecular weight is 420 g/mol. The molecule has 1 aliphatic rings. The van der Waals surface area contributed by atoms with Gasteiger partial charge in [0, 0.05) is 7.05 Å². The number of amides is 1. The number of rotatable bonds is 4. The van der Waals surface area contributed by atoms with Crippen LogP contribution in [0.2, 0.25) is 0 Å². The first-order valence-electron chi connectivity index (χ1n) is 10.8. The van der Waals surface area contributed by atoms with Gasteiger partial charge < -0.3 is 4.74 Å². The first kappa shape index (κ1) is 21.0. The number of carbonyl (C=O) groups is 1. The Morgan fingerprint density at radius 2 is 1.81 bits per heavy atom. The molecule has 1 fully saturated rings. The fourth-order valence-electron chi connectivity index (χ4n) is 4.39. The van der Waals surface area contributed by atoms with Gasteiger partial charge in [-0.2, -0.15) is 4.68 Å². The topological polar surface area (TPSA) is 73.1 Å².